The second kappa shape index (κ2) is 3.36. The van der Waals surface area contributed by atoms with Crippen molar-refractivity contribution < 1.29 is 17.0 Å². The van der Waals surface area contributed by atoms with Gasteiger partial charge < -0.3 is 4.42 Å². The van der Waals surface area contributed by atoms with Crippen molar-refractivity contribution in [2.75, 3.05) is 7.11 Å². The Kier molecular flexibility index (Phi) is 2.28. The van der Waals surface area contributed by atoms with Crippen molar-refractivity contribution in [3.05, 3.63) is 29.8 Å². The Morgan fingerprint density at radius 1 is 1.27 bits per heavy atom. The Labute approximate surface area is 87.6 Å². The average Bonchev–Trinajstić information content (AvgIpc) is 2.58. The number of benzene rings is 1. The van der Waals surface area contributed by atoms with Crippen LogP contribution >= 0.6 is 0 Å². The highest BCUT2D eigenvalue weighted by molar-refractivity contribution is 7.86. The molecule has 1 aromatic carbocycles. The minimum atomic E-state index is -3.76. The van der Waals surface area contributed by atoms with Gasteiger partial charge in [0, 0.05) is 10.9 Å². The molecule has 80 valence electrons. The fraction of sp³-hybridized carbons (Fsp3) is 0.200. The van der Waals surface area contributed by atoms with Gasteiger partial charge in [0.25, 0.3) is 0 Å². The molecule has 0 saturated carbocycles. The minimum absolute atomic E-state index is 0.119. The fourth-order valence-corrected chi connectivity index (χ4v) is 2.29. The number of rotatable bonds is 2. The molecule has 0 aliphatic carbocycles. The van der Waals surface area contributed by atoms with E-state index in [0.717, 1.165) is 12.5 Å². The zero-order valence-electron chi connectivity index (χ0n) is 8.35. The Balaban J connectivity index is 2.80. The molecule has 0 radical (unpaired) electrons. The van der Waals surface area contributed by atoms with Crippen LogP contribution < -0.4 is 0 Å². The van der Waals surface area contributed by atoms with Crippen molar-refractivity contribution in [2.45, 2.75) is 12.0 Å². The van der Waals surface area contributed by atoms with Gasteiger partial charge in [0.2, 0.25) is 5.09 Å². The number of fused-ring (bicyclic) bond motifs is 1. The third-order valence-electron chi connectivity index (χ3n) is 2.25. The van der Waals surface area contributed by atoms with Crippen molar-refractivity contribution in [2.24, 2.45) is 0 Å². The molecule has 0 aliphatic heterocycles. The first-order valence-electron chi connectivity index (χ1n) is 4.35. The van der Waals surface area contributed by atoms with Gasteiger partial charge in [0.1, 0.15) is 5.58 Å². The summed E-state index contributed by atoms with van der Waals surface area (Å²) in [5, 5.41) is 0.666. The molecule has 0 bridgehead atoms. The van der Waals surface area contributed by atoms with Gasteiger partial charge in [-0.05, 0) is 13.0 Å². The topological polar surface area (TPSA) is 56.5 Å². The molecule has 5 heteroatoms. The maximum atomic E-state index is 11.5. The van der Waals surface area contributed by atoms with Crippen LogP contribution in [-0.4, -0.2) is 15.5 Å². The number of para-hydroxylation sites is 1. The van der Waals surface area contributed by atoms with E-state index < -0.39 is 10.1 Å². The average molecular weight is 226 g/mol. The van der Waals surface area contributed by atoms with Crippen LogP contribution in [0.4, 0.5) is 0 Å². The third-order valence-corrected chi connectivity index (χ3v) is 3.53. The maximum Gasteiger partial charge on any atom is 0.330 e. The van der Waals surface area contributed by atoms with E-state index in [9.17, 15) is 8.42 Å². The summed E-state index contributed by atoms with van der Waals surface area (Å²) < 4.78 is 32.6. The molecule has 0 aliphatic rings. The van der Waals surface area contributed by atoms with E-state index in [1.807, 2.05) is 12.1 Å². The summed E-state index contributed by atoms with van der Waals surface area (Å²) in [7, 11) is -2.64. The third kappa shape index (κ3) is 1.53. The monoisotopic (exact) mass is 226 g/mol. The van der Waals surface area contributed by atoms with E-state index in [2.05, 4.69) is 4.18 Å². The summed E-state index contributed by atoms with van der Waals surface area (Å²) in [6.45, 7) is 1.69. The summed E-state index contributed by atoms with van der Waals surface area (Å²) in [4.78, 5) is 0. The van der Waals surface area contributed by atoms with E-state index in [1.54, 1.807) is 19.1 Å². The molecule has 0 fully saturated rings. The highest BCUT2D eigenvalue weighted by atomic mass is 32.2. The van der Waals surface area contributed by atoms with Gasteiger partial charge in [-0.1, -0.05) is 18.2 Å². The van der Waals surface area contributed by atoms with Gasteiger partial charge >= 0.3 is 10.1 Å². The smallest absolute Gasteiger partial charge is 0.330 e. The van der Waals surface area contributed by atoms with Gasteiger partial charge in [-0.25, -0.2) is 0 Å². The molecule has 2 aromatic rings. The first kappa shape index (κ1) is 10.2. The highest BCUT2D eigenvalue weighted by Crippen LogP contribution is 2.28. The molecule has 1 aromatic heterocycles. The summed E-state index contributed by atoms with van der Waals surface area (Å²) >= 11 is 0. The molecule has 2 rings (SSSR count). The van der Waals surface area contributed by atoms with Crippen LogP contribution in [0.5, 0.6) is 0 Å². The lowest BCUT2D eigenvalue weighted by Crippen LogP contribution is -2.02. The standard InChI is InChI=1S/C10H10O4S/c1-7-8-5-3-4-6-9(8)14-10(7)15(11,12)13-2/h3-6H,1-2H3. The summed E-state index contributed by atoms with van der Waals surface area (Å²) in [5.41, 5.74) is 1.12. The summed E-state index contributed by atoms with van der Waals surface area (Å²) in [6.07, 6.45) is 0. The van der Waals surface area contributed by atoms with Crippen LogP contribution in [0.2, 0.25) is 0 Å². The number of hydrogen-bond donors (Lipinski definition) is 0. The fourth-order valence-electron chi connectivity index (χ4n) is 1.47. The normalized spacial score (nSPS) is 12.1. The molecule has 0 amide bonds. The van der Waals surface area contributed by atoms with E-state index >= 15 is 0 Å². The largest absolute Gasteiger partial charge is 0.442 e. The number of furan rings is 1. The van der Waals surface area contributed by atoms with Gasteiger partial charge in [-0.2, -0.15) is 8.42 Å². The van der Waals surface area contributed by atoms with Crippen molar-refractivity contribution in [3.63, 3.8) is 0 Å². The van der Waals surface area contributed by atoms with Crippen molar-refractivity contribution >= 4 is 21.1 Å². The molecule has 1 heterocycles. The Morgan fingerprint density at radius 3 is 2.53 bits per heavy atom. The predicted molar refractivity (Wildman–Crippen MR) is 55.1 cm³/mol. The Bertz CT molecular complexity index is 595. The number of aryl methyl sites for hydroxylation is 1. The first-order valence-corrected chi connectivity index (χ1v) is 5.76. The highest BCUT2D eigenvalue weighted by Gasteiger charge is 2.23. The zero-order valence-corrected chi connectivity index (χ0v) is 9.17. The van der Waals surface area contributed by atoms with Crippen molar-refractivity contribution in [1.29, 1.82) is 0 Å². The molecule has 0 N–H and O–H groups in total. The Hall–Kier alpha value is -1.33. The number of hydrogen-bond acceptors (Lipinski definition) is 4. The molecule has 0 unspecified atom stereocenters. The molecule has 0 atom stereocenters. The molecule has 0 spiro atoms. The lowest BCUT2D eigenvalue weighted by molar-refractivity contribution is 0.367. The second-order valence-corrected chi connectivity index (χ2v) is 4.74. The Morgan fingerprint density at radius 2 is 1.93 bits per heavy atom. The van der Waals surface area contributed by atoms with Crippen molar-refractivity contribution in [3.8, 4) is 0 Å². The van der Waals surface area contributed by atoms with Gasteiger partial charge in [0.15, 0.2) is 0 Å². The first-order chi connectivity index (χ1) is 7.06. The maximum absolute atomic E-state index is 11.5. The molecule has 4 nitrogen and oxygen atoms in total. The van der Waals surface area contributed by atoms with Gasteiger partial charge in [0.05, 0.1) is 7.11 Å². The van der Waals surface area contributed by atoms with Crippen LogP contribution in [0, 0.1) is 6.92 Å². The quantitative estimate of drug-likeness (QED) is 0.735. The van der Waals surface area contributed by atoms with Crippen LogP contribution in [-0.2, 0) is 14.3 Å². The van der Waals surface area contributed by atoms with Crippen LogP contribution in [0.1, 0.15) is 5.56 Å². The molecule has 0 saturated heterocycles. The van der Waals surface area contributed by atoms with Crippen molar-refractivity contribution in [1.82, 2.24) is 0 Å². The van der Waals surface area contributed by atoms with Crippen LogP contribution in [0.3, 0.4) is 0 Å². The lowest BCUT2D eigenvalue weighted by Gasteiger charge is -1.96. The predicted octanol–water partition coefficient (Wildman–Crippen LogP) is 2.08. The van der Waals surface area contributed by atoms with Crippen LogP contribution in [0.15, 0.2) is 33.8 Å². The SMILES string of the molecule is COS(=O)(=O)c1oc2ccccc2c1C. The van der Waals surface area contributed by atoms with Gasteiger partial charge in [-0.3, -0.25) is 4.18 Å². The van der Waals surface area contributed by atoms with E-state index in [0.29, 0.717) is 11.1 Å². The summed E-state index contributed by atoms with van der Waals surface area (Å²) in [5.74, 6) is 0. The van der Waals surface area contributed by atoms with Gasteiger partial charge in [-0.15, -0.1) is 0 Å². The minimum Gasteiger partial charge on any atom is -0.442 e. The molecular formula is C10H10O4S. The van der Waals surface area contributed by atoms with E-state index in [-0.39, 0.29) is 5.09 Å². The van der Waals surface area contributed by atoms with E-state index in [4.69, 9.17) is 4.42 Å². The zero-order chi connectivity index (χ0) is 11.1. The van der Waals surface area contributed by atoms with Crippen LogP contribution in [0.25, 0.3) is 11.0 Å². The lowest BCUT2D eigenvalue weighted by atomic mass is 10.2. The second-order valence-electron chi connectivity index (χ2n) is 3.13. The van der Waals surface area contributed by atoms with E-state index in [1.165, 1.54) is 0 Å². The molecular weight excluding hydrogens is 216 g/mol. The summed E-state index contributed by atoms with van der Waals surface area (Å²) in [6, 6.07) is 7.14. The molecule has 15 heavy (non-hydrogen) atoms.